The van der Waals surface area contributed by atoms with Crippen LogP contribution in [0.5, 0.6) is 0 Å². The molecule has 0 fully saturated rings. The van der Waals surface area contributed by atoms with Crippen LogP contribution in [0, 0.1) is 187 Å². The maximum absolute atomic E-state index is 12.5. The van der Waals surface area contributed by atoms with Crippen LogP contribution in [0.1, 0.15) is 20.7 Å². The molecule has 2 unspecified atom stereocenters. The summed E-state index contributed by atoms with van der Waals surface area (Å²) < 4.78 is 1.27. The molecule has 0 aromatic heterocycles. The Labute approximate surface area is 358 Å². The Kier molecular flexibility index (Phi) is 32.4. The summed E-state index contributed by atoms with van der Waals surface area (Å²) in [6, 6.07) is 0. The van der Waals surface area contributed by atoms with Crippen LogP contribution in [0.4, 0.5) is 5.69 Å². The summed E-state index contributed by atoms with van der Waals surface area (Å²) in [6.07, 6.45) is -2.20. The van der Waals surface area contributed by atoms with Gasteiger partial charge in [-0.1, -0.05) is 0 Å². The number of hydrogen-bond acceptors (Lipinski definition) is 7. The zero-order valence-electron chi connectivity index (χ0n) is 15.6. The summed E-state index contributed by atoms with van der Waals surface area (Å²) in [5, 5.41) is 41.4. The van der Waals surface area contributed by atoms with Crippen LogP contribution in [0.2, 0.25) is 0 Å². The summed E-state index contributed by atoms with van der Waals surface area (Å²) in [5.74, 6) is -1.09. The van der Waals surface area contributed by atoms with Gasteiger partial charge in [0.15, 0.2) is 0 Å². The molecule has 0 aliphatic carbocycles. The van der Waals surface area contributed by atoms with Gasteiger partial charge in [-0.05, 0) is 67.8 Å². The molecule has 1 aromatic rings. The Hall–Kier alpha value is 5.76. The second-order valence-corrected chi connectivity index (χ2v) is 8.43. The Morgan fingerprint density at radius 1 is 0.767 bits per heavy atom. The van der Waals surface area contributed by atoms with E-state index in [2.05, 4.69) is 10.6 Å². The van der Waals surface area contributed by atoms with Gasteiger partial charge in [0.05, 0.1) is 49.4 Å². The average molecular weight is 1610 g/mol. The molecule has 16 heteroatoms. The Bertz CT molecular complexity index is 652. The van der Waals surface area contributed by atoms with Crippen molar-refractivity contribution in [3.63, 3.8) is 0 Å². The van der Waals surface area contributed by atoms with E-state index in [0.717, 1.165) is 0 Å². The number of nitrogen functional groups attached to an aromatic ring is 1. The first-order valence-corrected chi connectivity index (χ1v) is 10.5. The van der Waals surface area contributed by atoms with Gasteiger partial charge >= 0.3 is 0 Å². The Morgan fingerprint density at radius 3 is 1.33 bits per heavy atom. The second kappa shape index (κ2) is 22.7. The molecule has 0 bridgehead atoms. The fourth-order valence-corrected chi connectivity index (χ4v) is 5.95. The molecule has 8 N–H and O–H groups in total. The van der Waals surface area contributed by atoms with E-state index in [-0.39, 0.29) is 206 Å². The third-order valence-electron chi connectivity index (χ3n) is 3.22. The molecule has 0 aliphatic rings. The van der Waals surface area contributed by atoms with E-state index in [1.54, 1.807) is 0 Å². The largest absolute Gasteiger partial charge is 0.397 e. The number of aliphatic hydroxyl groups is 4. The summed E-state index contributed by atoms with van der Waals surface area (Å²) in [7, 11) is 0. The van der Waals surface area contributed by atoms with Crippen LogP contribution in [0.15, 0.2) is 0 Å². The third-order valence-corrected chi connectivity index (χ3v) is 6.54. The number of halogens is 3. The number of nitrogens with two attached hydrogens (primary N) is 1. The van der Waals surface area contributed by atoms with Crippen molar-refractivity contribution in [1.29, 1.82) is 0 Å². The molecule has 1 aromatic carbocycles. The van der Waals surface area contributed by atoms with Crippen molar-refractivity contribution >= 4 is 85.3 Å². The van der Waals surface area contributed by atoms with Gasteiger partial charge in [0.1, 0.15) is 0 Å². The summed E-state index contributed by atoms with van der Waals surface area (Å²) in [5.41, 5.74) is 6.66. The van der Waals surface area contributed by atoms with Crippen LogP contribution in [-0.2, 0) is 0 Å². The minimum absolute atomic E-state index is 0. The number of anilines is 1. The van der Waals surface area contributed by atoms with Crippen molar-refractivity contribution in [3.8, 4) is 0 Å². The van der Waals surface area contributed by atoms with Crippen LogP contribution in [0.3, 0.4) is 0 Å². The zero-order chi connectivity index (χ0) is 20.0. The molecule has 0 spiro atoms. The minimum atomic E-state index is -1.10. The number of benzene rings is 1. The first kappa shape index (κ1) is 42.8. The molecule has 0 saturated carbocycles. The number of nitrogens with one attached hydrogen (secondary N) is 2. The molecule has 0 aliphatic heterocycles. The standard InChI is InChI=1S/C14H18I3N3O6.4Ac/c15-9-7(13(25)19-1-5(23)3-21)10(16)12(18)11(17)8(9)14(26)20-2-6(24)4-22;;;;/h5-6,21-24H,1-4,18H2,(H,19,25)(H,20,26);;;;. The van der Waals surface area contributed by atoms with Crippen LogP contribution in [-0.4, -0.2) is 70.8 Å². The van der Waals surface area contributed by atoms with Gasteiger partial charge < -0.3 is 36.8 Å². The second-order valence-electron chi connectivity index (χ2n) is 5.20. The summed E-state index contributed by atoms with van der Waals surface area (Å²) >= 11 is 5.67. The maximum Gasteiger partial charge on any atom is 0.253 e. The minimum Gasteiger partial charge on any atom is -0.397 e. The van der Waals surface area contributed by atoms with Crippen LogP contribution in [0.25, 0.3) is 0 Å². The predicted octanol–water partition coefficient (Wildman–Crippen LogP) is -0.751. The zero-order valence-corrected chi connectivity index (χ0v) is 41.1. The predicted molar refractivity (Wildman–Crippen MR) is 120 cm³/mol. The Morgan fingerprint density at radius 2 is 1.07 bits per heavy atom. The first-order chi connectivity index (χ1) is 12.1. The van der Waals surface area contributed by atoms with Crippen molar-refractivity contribution in [2.24, 2.45) is 0 Å². The average Bonchev–Trinajstić information content (AvgIpc) is 2.62. The van der Waals surface area contributed by atoms with Gasteiger partial charge in [0.2, 0.25) is 0 Å². The van der Waals surface area contributed by atoms with E-state index in [1.807, 2.05) is 67.8 Å². The van der Waals surface area contributed by atoms with E-state index >= 15 is 0 Å². The molecule has 158 valence electrons. The molecule has 4 radical (unpaired) electrons. The monoisotopic (exact) mass is 1610 g/mol. The molecular weight excluding hydrogens is 1590 g/mol. The van der Waals surface area contributed by atoms with Gasteiger partial charge in [-0.25, -0.2) is 0 Å². The van der Waals surface area contributed by atoms with E-state index < -0.39 is 37.2 Å². The van der Waals surface area contributed by atoms with E-state index in [1.165, 1.54) is 0 Å². The van der Waals surface area contributed by atoms with Gasteiger partial charge in [-0.3, -0.25) is 9.59 Å². The van der Waals surface area contributed by atoms with Gasteiger partial charge in [0, 0.05) is 193 Å². The normalized spacial score (nSPS) is 11.4. The van der Waals surface area contributed by atoms with Crippen molar-refractivity contribution in [1.82, 2.24) is 10.6 Å². The van der Waals surface area contributed by atoms with Crippen LogP contribution >= 0.6 is 67.8 Å². The molecule has 0 heterocycles. The number of carbonyl (C=O) groups excluding carboxylic acids is 2. The fraction of sp³-hybridized carbons (Fsp3) is 0.429. The van der Waals surface area contributed by atoms with E-state index in [9.17, 15) is 19.8 Å². The third kappa shape index (κ3) is 13.5. The van der Waals surface area contributed by atoms with Gasteiger partial charge in [-0.15, -0.1) is 0 Å². The maximum atomic E-state index is 12.5. The summed E-state index contributed by atoms with van der Waals surface area (Å²) in [4.78, 5) is 25.0. The summed E-state index contributed by atoms with van der Waals surface area (Å²) in [6.45, 7) is -1.30. The molecule has 2 atom stereocenters. The molecule has 0 saturated heterocycles. The number of aliphatic hydroxyl groups excluding tert-OH is 4. The van der Waals surface area contributed by atoms with E-state index in [4.69, 9.17) is 15.9 Å². The Balaban J connectivity index is -0.000000845. The molecular formula is C14H18Ac4I3N3O6. The van der Waals surface area contributed by atoms with Crippen LogP contribution < -0.4 is 16.4 Å². The molecule has 2 amide bonds. The molecule has 9 nitrogen and oxygen atoms in total. The topological polar surface area (TPSA) is 165 Å². The molecule has 30 heavy (non-hydrogen) atoms. The van der Waals surface area contributed by atoms with Crippen molar-refractivity contribution in [3.05, 3.63) is 21.8 Å². The molecule has 1 rings (SSSR count). The van der Waals surface area contributed by atoms with Gasteiger partial charge in [0.25, 0.3) is 11.8 Å². The fourth-order valence-electron chi connectivity index (χ4n) is 1.81. The van der Waals surface area contributed by atoms with Crippen molar-refractivity contribution < 1.29 is 206 Å². The number of carbonyl (C=O) groups is 2. The number of rotatable bonds is 8. The van der Waals surface area contributed by atoms with Crippen molar-refractivity contribution in [2.45, 2.75) is 12.2 Å². The first-order valence-electron chi connectivity index (χ1n) is 7.25. The van der Waals surface area contributed by atoms with Crippen molar-refractivity contribution in [2.75, 3.05) is 32.0 Å². The smallest absolute Gasteiger partial charge is 0.253 e. The SMILES string of the molecule is Nc1c(I)c(C(=O)NCC(O)CO)c(I)c(C(=O)NCC(O)CO)c1I.[Ac].[Ac].[Ac].[Ac]. The van der Waals surface area contributed by atoms with Gasteiger partial charge in [-0.2, -0.15) is 0 Å². The quantitative estimate of drug-likeness (QED) is 0.133. The van der Waals surface area contributed by atoms with E-state index in [0.29, 0.717) is 10.7 Å². The number of amides is 2. The number of hydrogen-bond donors (Lipinski definition) is 7.